The van der Waals surface area contributed by atoms with Crippen LogP contribution in [0, 0.1) is 5.92 Å². The van der Waals surface area contributed by atoms with Crippen molar-refractivity contribution in [3.63, 3.8) is 0 Å². The van der Waals surface area contributed by atoms with Crippen molar-refractivity contribution in [3.8, 4) is 5.75 Å². The van der Waals surface area contributed by atoms with Gasteiger partial charge in [-0.3, -0.25) is 4.90 Å². The number of hydrogen-bond acceptors (Lipinski definition) is 2. The lowest BCUT2D eigenvalue weighted by molar-refractivity contribution is 0.108. The molecule has 2 aromatic carbocycles. The first-order chi connectivity index (χ1) is 13.5. The molecule has 2 nitrogen and oxygen atoms in total. The number of hydrogen-bond donors (Lipinski definition) is 0. The first-order valence-electron chi connectivity index (χ1n) is 9.96. The van der Waals surface area contributed by atoms with Crippen molar-refractivity contribution in [2.24, 2.45) is 5.92 Å². The van der Waals surface area contributed by atoms with Gasteiger partial charge in [0, 0.05) is 12.1 Å². The Kier molecular flexibility index (Phi) is 7.09. The number of rotatable bonds is 9. The lowest BCUT2D eigenvalue weighted by atomic mass is 9.82. The van der Waals surface area contributed by atoms with E-state index in [1.165, 1.54) is 18.4 Å². The summed E-state index contributed by atoms with van der Waals surface area (Å²) in [7, 11) is 3.97. The largest absolute Gasteiger partial charge is 0.497 e. The Morgan fingerprint density at radius 1 is 1.11 bits per heavy atom. The van der Waals surface area contributed by atoms with E-state index in [2.05, 4.69) is 55.3 Å². The highest BCUT2D eigenvalue weighted by Crippen LogP contribution is 2.40. The third-order valence-corrected chi connectivity index (χ3v) is 6.62. The van der Waals surface area contributed by atoms with E-state index in [4.69, 9.17) is 27.9 Å². The summed E-state index contributed by atoms with van der Waals surface area (Å²) in [5.74, 6) is 1.73. The second kappa shape index (κ2) is 9.35. The molecule has 1 aliphatic rings. The molecule has 0 bridgehead atoms. The zero-order chi connectivity index (χ0) is 20.1. The fourth-order valence-electron chi connectivity index (χ4n) is 3.88. The van der Waals surface area contributed by atoms with Gasteiger partial charge in [0.15, 0.2) is 0 Å². The predicted molar refractivity (Wildman–Crippen MR) is 120 cm³/mol. The van der Waals surface area contributed by atoms with E-state index >= 15 is 0 Å². The Morgan fingerprint density at radius 2 is 1.82 bits per heavy atom. The van der Waals surface area contributed by atoms with Crippen LogP contribution in [0.15, 0.2) is 48.5 Å². The maximum atomic E-state index is 6.16. The van der Waals surface area contributed by atoms with Crippen molar-refractivity contribution in [1.29, 1.82) is 0 Å². The van der Waals surface area contributed by atoms with Crippen LogP contribution in [0.5, 0.6) is 5.75 Å². The summed E-state index contributed by atoms with van der Waals surface area (Å²) in [6, 6.07) is 14.3. The molecule has 1 saturated carbocycles. The van der Waals surface area contributed by atoms with Crippen LogP contribution in [0.4, 0.5) is 0 Å². The van der Waals surface area contributed by atoms with E-state index in [0.717, 1.165) is 36.6 Å². The van der Waals surface area contributed by atoms with Gasteiger partial charge in [0.05, 0.1) is 17.2 Å². The maximum absolute atomic E-state index is 6.16. The van der Waals surface area contributed by atoms with Gasteiger partial charge in [-0.2, -0.15) is 0 Å². The van der Waals surface area contributed by atoms with Crippen LogP contribution in [0.2, 0.25) is 10.0 Å². The number of nitrogens with zero attached hydrogens (tertiary/aromatic N) is 1. The Bertz CT molecular complexity index is 814. The Labute approximate surface area is 179 Å². The molecule has 0 radical (unpaired) electrons. The second-order valence-corrected chi connectivity index (χ2v) is 8.53. The number of methoxy groups -OCH3 is 1. The normalized spacial score (nSPS) is 16.5. The molecule has 0 heterocycles. The van der Waals surface area contributed by atoms with Gasteiger partial charge < -0.3 is 4.74 Å². The maximum Gasteiger partial charge on any atom is 0.118 e. The zero-order valence-electron chi connectivity index (χ0n) is 16.9. The van der Waals surface area contributed by atoms with E-state index < -0.39 is 0 Å². The molecule has 3 rings (SSSR count). The second-order valence-electron chi connectivity index (χ2n) is 7.72. The van der Waals surface area contributed by atoms with E-state index in [0.29, 0.717) is 10.0 Å². The molecule has 1 atom stereocenters. The fraction of sp³-hybridized carbons (Fsp3) is 0.417. The summed E-state index contributed by atoms with van der Waals surface area (Å²) in [6.07, 6.45) is 9.07. The lowest BCUT2D eigenvalue weighted by Crippen LogP contribution is -2.44. The first kappa shape index (κ1) is 21.2. The molecule has 1 fully saturated rings. The molecule has 0 N–H and O–H groups in total. The van der Waals surface area contributed by atoms with Crippen molar-refractivity contribution in [2.45, 2.75) is 38.1 Å². The fourth-order valence-corrected chi connectivity index (χ4v) is 4.19. The third kappa shape index (κ3) is 4.92. The zero-order valence-corrected chi connectivity index (χ0v) is 18.4. The van der Waals surface area contributed by atoms with Gasteiger partial charge in [0.25, 0.3) is 0 Å². The van der Waals surface area contributed by atoms with Gasteiger partial charge in [-0.1, -0.05) is 60.5 Å². The highest BCUT2D eigenvalue weighted by Gasteiger charge is 2.36. The van der Waals surface area contributed by atoms with Gasteiger partial charge in [-0.05, 0) is 74.0 Å². The van der Waals surface area contributed by atoms with Crippen molar-refractivity contribution >= 4 is 29.3 Å². The monoisotopic (exact) mass is 417 g/mol. The van der Waals surface area contributed by atoms with Gasteiger partial charge >= 0.3 is 0 Å². The number of halogens is 2. The molecular formula is C24H29Cl2NO. The first-order valence-corrected chi connectivity index (χ1v) is 10.7. The minimum Gasteiger partial charge on any atom is -0.497 e. The highest BCUT2D eigenvalue weighted by molar-refractivity contribution is 6.42. The van der Waals surface area contributed by atoms with Crippen LogP contribution >= 0.6 is 23.2 Å². The molecule has 1 unspecified atom stereocenters. The average molecular weight is 418 g/mol. The molecule has 2 aromatic rings. The number of benzene rings is 2. The van der Waals surface area contributed by atoms with Crippen LogP contribution in [-0.2, 0) is 5.54 Å². The SMILES string of the molecule is CCC(CC=Cc1ccc(Cl)c(Cl)c1)(c1ccc(OC)cc1)N(C)CC1CC1. The number of ether oxygens (including phenoxy) is 1. The average Bonchev–Trinajstić information content (AvgIpc) is 3.52. The Hall–Kier alpha value is -1.48. The standard InChI is InChI=1S/C24H29Cl2NO/c1-4-24(27(2)17-19-7-8-19,20-10-12-21(28-3)13-11-20)15-5-6-18-9-14-22(25)23(26)16-18/h5-6,9-14,16,19H,4,7-8,15,17H2,1-3H3. The van der Waals surface area contributed by atoms with E-state index in [1.54, 1.807) is 7.11 Å². The molecular weight excluding hydrogens is 389 g/mol. The summed E-state index contributed by atoms with van der Waals surface area (Å²) in [5, 5.41) is 1.18. The summed E-state index contributed by atoms with van der Waals surface area (Å²) >= 11 is 12.2. The van der Waals surface area contributed by atoms with Crippen LogP contribution in [0.25, 0.3) is 6.08 Å². The Morgan fingerprint density at radius 3 is 2.39 bits per heavy atom. The van der Waals surface area contributed by atoms with Crippen LogP contribution < -0.4 is 4.74 Å². The smallest absolute Gasteiger partial charge is 0.118 e. The van der Waals surface area contributed by atoms with E-state index in [1.807, 2.05) is 18.2 Å². The molecule has 150 valence electrons. The lowest BCUT2D eigenvalue weighted by Gasteiger charge is -2.42. The Balaban J connectivity index is 1.87. The summed E-state index contributed by atoms with van der Waals surface area (Å²) in [4.78, 5) is 2.55. The summed E-state index contributed by atoms with van der Waals surface area (Å²) in [6.45, 7) is 3.42. The molecule has 28 heavy (non-hydrogen) atoms. The molecule has 0 aromatic heterocycles. The summed E-state index contributed by atoms with van der Waals surface area (Å²) < 4.78 is 5.36. The molecule has 0 aliphatic heterocycles. The summed E-state index contributed by atoms with van der Waals surface area (Å²) in [5.41, 5.74) is 2.36. The molecule has 0 amide bonds. The molecule has 0 saturated heterocycles. The van der Waals surface area contributed by atoms with Crippen LogP contribution in [0.1, 0.15) is 43.7 Å². The molecule has 1 aliphatic carbocycles. The van der Waals surface area contributed by atoms with Crippen molar-refractivity contribution in [3.05, 3.63) is 69.7 Å². The van der Waals surface area contributed by atoms with Gasteiger partial charge in [-0.15, -0.1) is 0 Å². The van der Waals surface area contributed by atoms with Gasteiger partial charge in [0.2, 0.25) is 0 Å². The molecule has 4 heteroatoms. The minimum absolute atomic E-state index is 0.0401. The van der Waals surface area contributed by atoms with E-state index in [9.17, 15) is 0 Å². The van der Waals surface area contributed by atoms with Gasteiger partial charge in [-0.25, -0.2) is 0 Å². The predicted octanol–water partition coefficient (Wildman–Crippen LogP) is 7.05. The minimum atomic E-state index is -0.0401. The highest BCUT2D eigenvalue weighted by atomic mass is 35.5. The third-order valence-electron chi connectivity index (χ3n) is 5.88. The van der Waals surface area contributed by atoms with Crippen LogP contribution in [-0.4, -0.2) is 25.6 Å². The van der Waals surface area contributed by atoms with Crippen LogP contribution in [0.3, 0.4) is 0 Å². The topological polar surface area (TPSA) is 12.5 Å². The van der Waals surface area contributed by atoms with Gasteiger partial charge in [0.1, 0.15) is 5.75 Å². The van der Waals surface area contributed by atoms with E-state index in [-0.39, 0.29) is 5.54 Å². The quantitative estimate of drug-likeness (QED) is 0.433. The van der Waals surface area contributed by atoms with Crippen molar-refractivity contribution in [1.82, 2.24) is 4.90 Å². The van der Waals surface area contributed by atoms with Crippen molar-refractivity contribution in [2.75, 3.05) is 20.7 Å². The molecule has 0 spiro atoms. The van der Waals surface area contributed by atoms with Crippen molar-refractivity contribution < 1.29 is 4.74 Å².